The monoisotopic (exact) mass is 296 g/mol. The number of benzene rings is 1. The van der Waals surface area contributed by atoms with Gasteiger partial charge in [0, 0.05) is 14.1 Å². The molecule has 0 radical (unpaired) electrons. The zero-order valence-corrected chi connectivity index (χ0v) is 12.3. The Hall–Kier alpha value is -1.84. The van der Waals surface area contributed by atoms with E-state index in [0.717, 1.165) is 15.6 Å². The molecule has 1 N–H and O–H groups in total. The summed E-state index contributed by atoms with van der Waals surface area (Å²) in [6.07, 6.45) is 0. The van der Waals surface area contributed by atoms with E-state index in [0.29, 0.717) is 5.82 Å². The van der Waals surface area contributed by atoms with Crippen LogP contribution in [0, 0.1) is 6.92 Å². The molecule has 2 aromatic rings. The van der Waals surface area contributed by atoms with Crippen LogP contribution in [0.25, 0.3) is 5.69 Å². The fourth-order valence-corrected chi connectivity index (χ4v) is 2.06. The molecule has 0 fully saturated rings. The molecule has 0 saturated heterocycles. The van der Waals surface area contributed by atoms with Crippen LogP contribution in [0.4, 0.5) is 0 Å². The van der Waals surface area contributed by atoms with E-state index < -0.39 is 10.2 Å². The molecule has 1 aromatic heterocycles. The first-order chi connectivity index (χ1) is 9.40. The Morgan fingerprint density at radius 2 is 1.90 bits per heavy atom. The molecule has 1 aromatic carbocycles. The third-order valence-corrected chi connectivity index (χ3v) is 4.18. The van der Waals surface area contributed by atoms with Crippen LogP contribution < -0.4 is 4.72 Å². The average molecular weight is 296 g/mol. The first-order valence-corrected chi connectivity index (χ1v) is 7.35. The predicted octanol–water partition coefficient (Wildman–Crippen LogP) is -0.133. The Labute approximate surface area is 117 Å². The molecule has 108 valence electrons. The first kappa shape index (κ1) is 14.6. The van der Waals surface area contributed by atoms with Crippen molar-refractivity contribution in [3.8, 4) is 5.69 Å². The van der Waals surface area contributed by atoms with Gasteiger partial charge < -0.3 is 0 Å². The highest BCUT2D eigenvalue weighted by molar-refractivity contribution is 7.87. The van der Waals surface area contributed by atoms with Crippen molar-refractivity contribution >= 4 is 10.2 Å². The number of aryl methyl sites for hydroxylation is 1. The van der Waals surface area contributed by atoms with Crippen LogP contribution in [-0.4, -0.2) is 47.0 Å². The van der Waals surface area contributed by atoms with Crippen molar-refractivity contribution in [1.29, 1.82) is 0 Å². The second kappa shape index (κ2) is 5.65. The van der Waals surface area contributed by atoms with E-state index in [1.54, 1.807) is 0 Å². The standard InChI is InChI=1S/C11H16N6O2S/c1-9-4-6-10(7-5-9)17-11(13-14-15-17)8-12-20(18,19)16(2)3/h4-7,12H,8H2,1-3H3. The number of rotatable bonds is 5. The van der Waals surface area contributed by atoms with Gasteiger partial charge in [0.2, 0.25) is 0 Å². The lowest BCUT2D eigenvalue weighted by Crippen LogP contribution is -2.35. The molecule has 8 nitrogen and oxygen atoms in total. The van der Waals surface area contributed by atoms with Crippen molar-refractivity contribution in [2.24, 2.45) is 0 Å². The van der Waals surface area contributed by atoms with Gasteiger partial charge in [-0.25, -0.2) is 0 Å². The van der Waals surface area contributed by atoms with E-state index in [1.807, 2.05) is 31.2 Å². The maximum Gasteiger partial charge on any atom is 0.279 e. The smallest absolute Gasteiger partial charge is 0.196 e. The number of nitrogens with zero attached hydrogens (tertiary/aromatic N) is 5. The number of hydrogen-bond donors (Lipinski definition) is 1. The molecule has 9 heteroatoms. The van der Waals surface area contributed by atoms with Crippen LogP contribution in [0.2, 0.25) is 0 Å². The number of aromatic nitrogens is 4. The van der Waals surface area contributed by atoms with Crippen LogP contribution in [-0.2, 0) is 16.8 Å². The van der Waals surface area contributed by atoms with E-state index in [1.165, 1.54) is 18.8 Å². The van der Waals surface area contributed by atoms with E-state index in [4.69, 9.17) is 0 Å². The van der Waals surface area contributed by atoms with Crippen LogP contribution in [0.3, 0.4) is 0 Å². The van der Waals surface area contributed by atoms with Crippen molar-refractivity contribution < 1.29 is 8.42 Å². The maximum atomic E-state index is 11.7. The van der Waals surface area contributed by atoms with Crippen molar-refractivity contribution in [2.45, 2.75) is 13.5 Å². The highest BCUT2D eigenvalue weighted by atomic mass is 32.2. The molecular weight excluding hydrogens is 280 g/mol. The van der Waals surface area contributed by atoms with E-state index in [9.17, 15) is 8.42 Å². The Kier molecular flexibility index (Phi) is 4.12. The van der Waals surface area contributed by atoms with Crippen molar-refractivity contribution in [2.75, 3.05) is 14.1 Å². The Morgan fingerprint density at radius 1 is 1.25 bits per heavy atom. The van der Waals surface area contributed by atoms with Gasteiger partial charge in [-0.05, 0) is 29.5 Å². The van der Waals surface area contributed by atoms with Crippen LogP contribution in [0.5, 0.6) is 0 Å². The molecule has 0 spiro atoms. The second-order valence-corrected chi connectivity index (χ2v) is 6.42. The summed E-state index contributed by atoms with van der Waals surface area (Å²) in [4.78, 5) is 0. The molecule has 1 heterocycles. The Bertz CT molecular complexity index is 677. The largest absolute Gasteiger partial charge is 0.279 e. The van der Waals surface area contributed by atoms with E-state index in [-0.39, 0.29) is 6.54 Å². The van der Waals surface area contributed by atoms with E-state index in [2.05, 4.69) is 20.2 Å². The summed E-state index contributed by atoms with van der Waals surface area (Å²) in [5.41, 5.74) is 1.90. The quantitative estimate of drug-likeness (QED) is 0.829. The molecule has 0 amide bonds. The summed E-state index contributed by atoms with van der Waals surface area (Å²) in [6, 6.07) is 7.61. The average Bonchev–Trinajstić information content (AvgIpc) is 2.85. The minimum absolute atomic E-state index is 0.0153. The number of hydrogen-bond acceptors (Lipinski definition) is 5. The fraction of sp³-hybridized carbons (Fsp3) is 0.364. The fourth-order valence-electron chi connectivity index (χ4n) is 1.49. The molecule has 0 unspecified atom stereocenters. The topological polar surface area (TPSA) is 93.0 Å². The number of nitrogens with one attached hydrogen (secondary N) is 1. The predicted molar refractivity (Wildman–Crippen MR) is 73.3 cm³/mol. The van der Waals surface area contributed by atoms with Gasteiger partial charge in [-0.3, -0.25) is 0 Å². The van der Waals surface area contributed by atoms with Gasteiger partial charge in [-0.2, -0.15) is 22.1 Å². The Balaban J connectivity index is 2.19. The molecule has 0 aliphatic heterocycles. The summed E-state index contributed by atoms with van der Waals surface area (Å²) in [5.74, 6) is 0.416. The third kappa shape index (κ3) is 3.18. The van der Waals surface area contributed by atoms with Gasteiger partial charge in [0.15, 0.2) is 5.82 Å². The minimum atomic E-state index is -3.51. The van der Waals surface area contributed by atoms with Crippen LogP contribution >= 0.6 is 0 Å². The summed E-state index contributed by atoms with van der Waals surface area (Å²) < 4.78 is 28.3. The van der Waals surface area contributed by atoms with Crippen molar-refractivity contribution in [3.63, 3.8) is 0 Å². The Morgan fingerprint density at radius 3 is 2.50 bits per heavy atom. The van der Waals surface area contributed by atoms with Gasteiger partial charge in [-0.1, -0.05) is 17.7 Å². The minimum Gasteiger partial charge on any atom is -0.196 e. The van der Waals surface area contributed by atoms with Gasteiger partial charge in [0.25, 0.3) is 10.2 Å². The molecule has 0 aliphatic carbocycles. The normalized spacial score (nSPS) is 12.0. The molecule has 0 atom stereocenters. The summed E-state index contributed by atoms with van der Waals surface area (Å²) >= 11 is 0. The molecule has 20 heavy (non-hydrogen) atoms. The second-order valence-electron chi connectivity index (χ2n) is 4.45. The molecule has 0 saturated carbocycles. The zero-order chi connectivity index (χ0) is 14.8. The highest BCUT2D eigenvalue weighted by Gasteiger charge is 2.15. The first-order valence-electron chi connectivity index (χ1n) is 5.91. The highest BCUT2D eigenvalue weighted by Crippen LogP contribution is 2.09. The molecule has 0 bridgehead atoms. The number of tetrazole rings is 1. The van der Waals surface area contributed by atoms with Crippen LogP contribution in [0.15, 0.2) is 24.3 Å². The van der Waals surface area contributed by atoms with Crippen molar-refractivity contribution in [1.82, 2.24) is 29.2 Å². The van der Waals surface area contributed by atoms with Crippen LogP contribution in [0.1, 0.15) is 11.4 Å². The lowest BCUT2D eigenvalue weighted by Gasteiger charge is -2.12. The van der Waals surface area contributed by atoms with E-state index >= 15 is 0 Å². The summed E-state index contributed by atoms with van der Waals surface area (Å²) in [6.45, 7) is 2.00. The molecule has 0 aliphatic rings. The molecule has 2 rings (SSSR count). The zero-order valence-electron chi connectivity index (χ0n) is 11.5. The van der Waals surface area contributed by atoms with Gasteiger partial charge in [0.1, 0.15) is 0 Å². The molecular formula is C11H16N6O2S. The van der Waals surface area contributed by atoms with Gasteiger partial charge in [0.05, 0.1) is 12.2 Å². The lowest BCUT2D eigenvalue weighted by molar-refractivity contribution is 0.503. The maximum absolute atomic E-state index is 11.7. The van der Waals surface area contributed by atoms with Crippen molar-refractivity contribution in [3.05, 3.63) is 35.7 Å². The van der Waals surface area contributed by atoms with Gasteiger partial charge >= 0.3 is 0 Å². The lowest BCUT2D eigenvalue weighted by atomic mass is 10.2. The third-order valence-electron chi connectivity index (χ3n) is 2.71. The summed E-state index contributed by atoms with van der Waals surface area (Å²) in [5, 5.41) is 11.3. The summed E-state index contributed by atoms with van der Waals surface area (Å²) in [7, 11) is -0.606. The SMILES string of the molecule is Cc1ccc(-n2nnnc2CNS(=O)(=O)N(C)C)cc1. The van der Waals surface area contributed by atoms with Gasteiger partial charge in [-0.15, -0.1) is 5.10 Å².